The van der Waals surface area contributed by atoms with Crippen LogP contribution in [-0.2, 0) is 5.41 Å². The lowest BCUT2D eigenvalue weighted by atomic mass is 9.62. The minimum Gasteiger partial charge on any atom is -0.456 e. The third-order valence-electron chi connectivity index (χ3n) is 11.4. The first kappa shape index (κ1) is 29.1. The first-order valence-corrected chi connectivity index (χ1v) is 18.9. The van der Waals surface area contributed by atoms with E-state index in [0.29, 0.717) is 0 Å². The molecule has 0 bridgehead atoms. The Kier molecular flexibility index (Phi) is 5.92. The highest BCUT2D eigenvalue weighted by molar-refractivity contribution is 7.99. The Hall–Kier alpha value is -6.49. The molecule has 0 aliphatic carbocycles. The zero-order valence-corrected chi connectivity index (χ0v) is 29.3. The molecular weight excluding hydrogens is 665 g/mol. The third-order valence-corrected chi connectivity index (χ3v) is 12.6. The van der Waals surface area contributed by atoms with Crippen molar-refractivity contribution < 1.29 is 4.42 Å². The Morgan fingerprint density at radius 3 is 1.89 bits per heavy atom. The lowest BCUT2D eigenvalue weighted by Crippen LogP contribution is -2.39. The maximum atomic E-state index is 6.29. The molecule has 2 aromatic heterocycles. The summed E-state index contributed by atoms with van der Waals surface area (Å²) in [5.41, 5.74) is 13.5. The standard InChI is InChI=1S/C49H30N2OS/c1-2-14-31(15-3-1)50-42-22-10-6-18-37(42)49(38-19-7-11-23-43(38)50)39-20-8-13-25-46(39)53-48-40(49)28-27-35-33-16-4-9-21-41(33)51(47(35)48)32-26-29-45-36(30-32)34-17-5-12-24-44(34)52-45/h1-30H. The number of fused-ring (bicyclic) bond motifs is 15. The van der Waals surface area contributed by atoms with Crippen molar-refractivity contribution in [1.82, 2.24) is 4.57 Å². The highest BCUT2D eigenvalue weighted by Crippen LogP contribution is 2.64. The van der Waals surface area contributed by atoms with Crippen LogP contribution in [0.3, 0.4) is 0 Å². The Morgan fingerprint density at radius 1 is 0.434 bits per heavy atom. The van der Waals surface area contributed by atoms with Gasteiger partial charge in [0.1, 0.15) is 11.2 Å². The van der Waals surface area contributed by atoms with Crippen LogP contribution in [-0.4, -0.2) is 4.57 Å². The predicted molar refractivity (Wildman–Crippen MR) is 219 cm³/mol. The average Bonchev–Trinajstić information content (AvgIpc) is 3.77. The molecule has 2 aliphatic heterocycles. The average molecular weight is 695 g/mol. The summed E-state index contributed by atoms with van der Waals surface area (Å²) in [6.45, 7) is 0. The Bertz CT molecular complexity index is 3070. The maximum Gasteiger partial charge on any atom is 0.135 e. The van der Waals surface area contributed by atoms with Crippen LogP contribution in [0.1, 0.15) is 22.3 Å². The number of aromatic nitrogens is 1. The molecule has 0 amide bonds. The van der Waals surface area contributed by atoms with Crippen LogP contribution >= 0.6 is 11.8 Å². The second kappa shape index (κ2) is 10.8. The van der Waals surface area contributed by atoms with E-state index in [1.165, 1.54) is 65.2 Å². The number of anilines is 3. The zero-order valence-electron chi connectivity index (χ0n) is 28.5. The number of hydrogen-bond acceptors (Lipinski definition) is 3. The molecule has 0 N–H and O–H groups in total. The minimum atomic E-state index is -0.560. The highest BCUT2D eigenvalue weighted by Gasteiger charge is 2.50. The van der Waals surface area contributed by atoms with Gasteiger partial charge in [0.2, 0.25) is 0 Å². The fraction of sp³-hybridized carbons (Fsp3) is 0.0204. The first-order valence-electron chi connectivity index (χ1n) is 18.1. The molecule has 0 saturated carbocycles. The molecule has 0 atom stereocenters. The molecule has 3 nitrogen and oxygen atoms in total. The van der Waals surface area contributed by atoms with Crippen molar-refractivity contribution in [2.75, 3.05) is 4.90 Å². The van der Waals surface area contributed by atoms with E-state index in [0.717, 1.165) is 33.3 Å². The van der Waals surface area contributed by atoms with Crippen molar-refractivity contribution in [3.8, 4) is 5.69 Å². The molecule has 1 spiro atoms. The number of rotatable bonds is 2. The first-order chi connectivity index (χ1) is 26.3. The maximum absolute atomic E-state index is 6.29. The van der Waals surface area contributed by atoms with Gasteiger partial charge in [0.05, 0.1) is 27.8 Å². The Morgan fingerprint density at radius 2 is 1.08 bits per heavy atom. The van der Waals surface area contributed by atoms with Crippen molar-refractivity contribution in [2.45, 2.75) is 15.2 Å². The lowest BCUT2D eigenvalue weighted by Gasteiger charge is -2.49. The number of hydrogen-bond donors (Lipinski definition) is 0. The normalized spacial score (nSPS) is 14.1. The van der Waals surface area contributed by atoms with Gasteiger partial charge in [-0.05, 0) is 82.9 Å². The van der Waals surface area contributed by atoms with Crippen LogP contribution in [0.5, 0.6) is 0 Å². The van der Waals surface area contributed by atoms with E-state index < -0.39 is 5.41 Å². The smallest absolute Gasteiger partial charge is 0.135 e. The van der Waals surface area contributed by atoms with Crippen LogP contribution in [0.4, 0.5) is 17.1 Å². The van der Waals surface area contributed by atoms with Crippen LogP contribution < -0.4 is 4.90 Å². The van der Waals surface area contributed by atoms with Gasteiger partial charge in [0, 0.05) is 42.7 Å². The molecule has 2 aliphatic rings. The second-order valence-corrected chi connectivity index (χ2v) is 15.1. The Labute approximate surface area is 310 Å². The van der Waals surface area contributed by atoms with Crippen LogP contribution in [0.15, 0.2) is 196 Å². The van der Waals surface area contributed by atoms with Gasteiger partial charge in [0.25, 0.3) is 0 Å². The highest BCUT2D eigenvalue weighted by atomic mass is 32.2. The van der Waals surface area contributed by atoms with E-state index in [4.69, 9.17) is 4.42 Å². The molecule has 0 saturated heterocycles. The van der Waals surface area contributed by atoms with Gasteiger partial charge in [-0.15, -0.1) is 0 Å². The Balaban J connectivity index is 1.23. The SMILES string of the molecule is c1ccc(N2c3ccccc3C3(c4ccccc4Sc4c3ccc3c5ccccc5n(-c5ccc6oc7ccccc7c6c5)c43)c3ccccc32)cc1. The zero-order chi connectivity index (χ0) is 34.7. The second-order valence-electron chi connectivity index (χ2n) is 14.0. The van der Waals surface area contributed by atoms with E-state index in [1.807, 2.05) is 17.8 Å². The van der Waals surface area contributed by atoms with Crippen molar-refractivity contribution in [3.05, 3.63) is 204 Å². The van der Waals surface area contributed by atoms with Gasteiger partial charge in [-0.25, -0.2) is 0 Å². The lowest BCUT2D eigenvalue weighted by molar-refractivity contribution is 0.669. The van der Waals surface area contributed by atoms with Gasteiger partial charge < -0.3 is 13.9 Å². The molecule has 248 valence electrons. The van der Waals surface area contributed by atoms with Crippen LogP contribution in [0, 0.1) is 0 Å². The minimum absolute atomic E-state index is 0.560. The van der Waals surface area contributed by atoms with E-state index in [1.54, 1.807) is 0 Å². The molecule has 0 unspecified atom stereocenters. The van der Waals surface area contributed by atoms with E-state index in [-0.39, 0.29) is 0 Å². The summed E-state index contributed by atoms with van der Waals surface area (Å²) in [7, 11) is 0. The van der Waals surface area contributed by atoms with E-state index >= 15 is 0 Å². The van der Waals surface area contributed by atoms with Crippen molar-refractivity contribution in [1.29, 1.82) is 0 Å². The molecule has 0 radical (unpaired) electrons. The molecule has 12 rings (SSSR count). The molecule has 10 aromatic rings. The molecule has 0 fully saturated rings. The molecule has 4 heteroatoms. The summed E-state index contributed by atoms with van der Waals surface area (Å²) in [6, 6.07) is 66.6. The summed E-state index contributed by atoms with van der Waals surface area (Å²) in [4.78, 5) is 5.01. The quantitative estimate of drug-likeness (QED) is 0.180. The summed E-state index contributed by atoms with van der Waals surface area (Å²) >= 11 is 1.91. The van der Waals surface area contributed by atoms with Crippen molar-refractivity contribution in [3.63, 3.8) is 0 Å². The monoisotopic (exact) mass is 694 g/mol. The van der Waals surface area contributed by atoms with Gasteiger partial charge in [-0.2, -0.15) is 0 Å². The number of para-hydroxylation sites is 5. The van der Waals surface area contributed by atoms with Crippen LogP contribution in [0.25, 0.3) is 49.4 Å². The summed E-state index contributed by atoms with van der Waals surface area (Å²) in [5, 5.41) is 4.75. The van der Waals surface area contributed by atoms with E-state index in [9.17, 15) is 0 Å². The number of nitrogens with zero attached hydrogens (tertiary/aromatic N) is 2. The predicted octanol–water partition coefficient (Wildman–Crippen LogP) is 13.3. The van der Waals surface area contributed by atoms with E-state index in [2.05, 4.69) is 185 Å². The summed E-state index contributed by atoms with van der Waals surface area (Å²) < 4.78 is 8.79. The van der Waals surface area contributed by atoms with Gasteiger partial charge in [-0.1, -0.05) is 133 Å². The fourth-order valence-electron chi connectivity index (χ4n) is 9.35. The summed E-state index contributed by atoms with van der Waals surface area (Å²) in [6.07, 6.45) is 0. The molecule has 4 heterocycles. The molecule has 8 aromatic carbocycles. The fourth-order valence-corrected chi connectivity index (χ4v) is 10.7. The van der Waals surface area contributed by atoms with Gasteiger partial charge >= 0.3 is 0 Å². The van der Waals surface area contributed by atoms with Crippen LogP contribution in [0.2, 0.25) is 0 Å². The molecular formula is C49H30N2OS. The molecule has 53 heavy (non-hydrogen) atoms. The van der Waals surface area contributed by atoms with Crippen molar-refractivity contribution in [2.24, 2.45) is 0 Å². The number of furan rings is 1. The summed E-state index contributed by atoms with van der Waals surface area (Å²) in [5.74, 6) is 0. The largest absolute Gasteiger partial charge is 0.456 e. The van der Waals surface area contributed by atoms with Gasteiger partial charge in [0.15, 0.2) is 0 Å². The number of benzene rings is 8. The third kappa shape index (κ3) is 3.80. The van der Waals surface area contributed by atoms with Gasteiger partial charge in [-0.3, -0.25) is 0 Å². The van der Waals surface area contributed by atoms with Crippen molar-refractivity contribution >= 4 is 72.6 Å². The topological polar surface area (TPSA) is 21.3 Å².